The molecule has 84 valence electrons. The number of carbonyl (C=O) groups excluding carboxylic acids is 1. The summed E-state index contributed by atoms with van der Waals surface area (Å²) in [4.78, 5) is 14.4. The minimum atomic E-state index is -0.375. The Bertz CT molecular complexity index is 578. The van der Waals surface area contributed by atoms with Crippen LogP contribution in [-0.2, 0) is 10.3 Å². The number of nitrogens with zero attached hydrogens (tertiary/aromatic N) is 2. The molecule has 1 aromatic carbocycles. The van der Waals surface area contributed by atoms with E-state index in [9.17, 15) is 4.79 Å². The molecule has 0 unspecified atom stereocenters. The highest BCUT2D eigenvalue weighted by Crippen LogP contribution is 2.51. The molecule has 2 aromatic rings. The normalized spacial score (nSPS) is 16.2. The maximum absolute atomic E-state index is 10.5. The molecule has 1 saturated carbocycles. The van der Waals surface area contributed by atoms with Crippen LogP contribution in [-0.4, -0.2) is 16.3 Å². The lowest BCUT2D eigenvalue weighted by molar-refractivity contribution is 0.556. The molecular weight excluding hydrogens is 214 g/mol. The molecule has 0 aliphatic heterocycles. The fourth-order valence-electron chi connectivity index (χ4n) is 2.11. The molecule has 1 heterocycles. The molecule has 0 bridgehead atoms. The first kappa shape index (κ1) is 10.00. The van der Waals surface area contributed by atoms with E-state index in [1.807, 2.05) is 30.3 Å². The Balaban J connectivity index is 2.10. The molecule has 1 N–H and O–H groups in total. The van der Waals surface area contributed by atoms with Gasteiger partial charge in [0, 0.05) is 5.56 Å². The minimum Gasteiger partial charge on any atom is -0.277 e. The van der Waals surface area contributed by atoms with Gasteiger partial charge in [-0.15, -0.1) is 0 Å². The van der Waals surface area contributed by atoms with Gasteiger partial charge in [0.1, 0.15) is 5.54 Å². The third-order valence-electron chi connectivity index (χ3n) is 3.19. The highest BCUT2D eigenvalue weighted by atomic mass is 16.1. The summed E-state index contributed by atoms with van der Waals surface area (Å²) < 4.78 is 0. The van der Waals surface area contributed by atoms with Crippen LogP contribution in [0.3, 0.4) is 0 Å². The van der Waals surface area contributed by atoms with Gasteiger partial charge in [0.05, 0.1) is 11.9 Å². The lowest BCUT2D eigenvalue weighted by Crippen LogP contribution is -2.02. The molecule has 1 aliphatic rings. The summed E-state index contributed by atoms with van der Waals surface area (Å²) >= 11 is 0. The highest BCUT2D eigenvalue weighted by molar-refractivity contribution is 5.65. The van der Waals surface area contributed by atoms with Crippen LogP contribution in [0.4, 0.5) is 0 Å². The zero-order chi connectivity index (χ0) is 11.7. The summed E-state index contributed by atoms with van der Waals surface area (Å²) in [5.74, 6) is 0. The molecular formula is C13H11N3O. The quantitative estimate of drug-likeness (QED) is 0.644. The van der Waals surface area contributed by atoms with E-state index in [2.05, 4.69) is 15.2 Å². The van der Waals surface area contributed by atoms with Crippen LogP contribution in [0.25, 0.3) is 11.3 Å². The average molecular weight is 225 g/mol. The van der Waals surface area contributed by atoms with Crippen molar-refractivity contribution in [2.24, 2.45) is 4.99 Å². The molecule has 17 heavy (non-hydrogen) atoms. The van der Waals surface area contributed by atoms with Crippen molar-refractivity contribution in [3.63, 3.8) is 0 Å². The zero-order valence-corrected chi connectivity index (χ0v) is 9.18. The number of aromatic nitrogens is 2. The van der Waals surface area contributed by atoms with E-state index in [1.165, 1.54) is 0 Å². The van der Waals surface area contributed by atoms with Gasteiger partial charge >= 0.3 is 0 Å². The van der Waals surface area contributed by atoms with Gasteiger partial charge in [0.25, 0.3) is 0 Å². The zero-order valence-electron chi connectivity index (χ0n) is 9.18. The highest BCUT2D eigenvalue weighted by Gasteiger charge is 2.47. The van der Waals surface area contributed by atoms with Crippen molar-refractivity contribution in [1.82, 2.24) is 10.2 Å². The van der Waals surface area contributed by atoms with E-state index in [0.717, 1.165) is 29.7 Å². The Morgan fingerprint density at radius 2 is 2.06 bits per heavy atom. The Hall–Kier alpha value is -2.19. The largest absolute Gasteiger partial charge is 0.277 e. The smallest absolute Gasteiger partial charge is 0.235 e. The molecule has 0 saturated heterocycles. The molecule has 0 spiro atoms. The molecule has 1 aliphatic carbocycles. The monoisotopic (exact) mass is 225 g/mol. The lowest BCUT2D eigenvalue weighted by Gasteiger charge is -2.08. The summed E-state index contributed by atoms with van der Waals surface area (Å²) in [6, 6.07) is 9.94. The second-order valence-corrected chi connectivity index (χ2v) is 4.26. The number of benzene rings is 1. The standard InChI is InChI=1S/C13H11N3O/c17-9-14-13(6-7-13)11-8-15-16-12(11)10-4-2-1-3-5-10/h1-5,8H,6-7H2,(H,15,16). The number of isocyanates is 1. The Morgan fingerprint density at radius 1 is 1.29 bits per heavy atom. The number of H-pyrrole nitrogens is 1. The van der Waals surface area contributed by atoms with Crippen molar-refractivity contribution in [3.8, 4) is 11.3 Å². The van der Waals surface area contributed by atoms with Crippen LogP contribution in [0.15, 0.2) is 41.5 Å². The van der Waals surface area contributed by atoms with Crippen molar-refractivity contribution >= 4 is 6.08 Å². The molecule has 4 heteroatoms. The fraction of sp³-hybridized carbons (Fsp3) is 0.231. The van der Waals surface area contributed by atoms with Crippen LogP contribution in [0.1, 0.15) is 18.4 Å². The lowest BCUT2D eigenvalue weighted by atomic mass is 10.0. The summed E-state index contributed by atoms with van der Waals surface area (Å²) in [6.45, 7) is 0. The third-order valence-corrected chi connectivity index (χ3v) is 3.19. The van der Waals surface area contributed by atoms with E-state index in [-0.39, 0.29) is 5.54 Å². The number of hydrogen-bond acceptors (Lipinski definition) is 3. The number of nitrogens with one attached hydrogen (secondary N) is 1. The number of aromatic amines is 1. The van der Waals surface area contributed by atoms with Crippen LogP contribution in [0.2, 0.25) is 0 Å². The van der Waals surface area contributed by atoms with Crippen LogP contribution >= 0.6 is 0 Å². The Morgan fingerprint density at radius 3 is 2.71 bits per heavy atom. The van der Waals surface area contributed by atoms with Crippen LogP contribution in [0.5, 0.6) is 0 Å². The van der Waals surface area contributed by atoms with E-state index < -0.39 is 0 Å². The van der Waals surface area contributed by atoms with E-state index in [0.29, 0.717) is 0 Å². The van der Waals surface area contributed by atoms with Crippen molar-refractivity contribution in [1.29, 1.82) is 0 Å². The molecule has 3 rings (SSSR count). The van der Waals surface area contributed by atoms with Gasteiger partial charge in [-0.2, -0.15) is 10.1 Å². The SMILES string of the molecule is O=C=NC1(c2cn[nH]c2-c2ccccc2)CC1. The second-order valence-electron chi connectivity index (χ2n) is 4.26. The third kappa shape index (κ3) is 1.59. The molecule has 4 nitrogen and oxygen atoms in total. The maximum Gasteiger partial charge on any atom is 0.235 e. The maximum atomic E-state index is 10.5. The second kappa shape index (κ2) is 3.68. The first-order chi connectivity index (χ1) is 8.36. The average Bonchev–Trinajstić information content (AvgIpc) is 2.98. The Labute approximate surface area is 98.4 Å². The molecule has 0 amide bonds. The van der Waals surface area contributed by atoms with E-state index in [4.69, 9.17) is 0 Å². The Kier molecular flexibility index (Phi) is 2.16. The van der Waals surface area contributed by atoms with Gasteiger partial charge in [-0.05, 0) is 18.4 Å². The minimum absolute atomic E-state index is 0.375. The van der Waals surface area contributed by atoms with E-state index >= 15 is 0 Å². The van der Waals surface area contributed by atoms with Crippen molar-refractivity contribution < 1.29 is 4.79 Å². The summed E-state index contributed by atoms with van der Waals surface area (Å²) in [6.07, 6.45) is 5.21. The van der Waals surface area contributed by atoms with Gasteiger partial charge in [-0.1, -0.05) is 30.3 Å². The fourth-order valence-corrected chi connectivity index (χ4v) is 2.11. The van der Waals surface area contributed by atoms with Gasteiger partial charge in [-0.3, -0.25) is 5.10 Å². The van der Waals surface area contributed by atoms with Crippen molar-refractivity contribution in [2.75, 3.05) is 0 Å². The van der Waals surface area contributed by atoms with Crippen LogP contribution in [0, 0.1) is 0 Å². The number of hydrogen-bond donors (Lipinski definition) is 1. The number of rotatable bonds is 3. The first-order valence-corrected chi connectivity index (χ1v) is 5.54. The molecule has 1 fully saturated rings. The topological polar surface area (TPSA) is 58.1 Å². The van der Waals surface area contributed by atoms with Crippen LogP contribution < -0.4 is 0 Å². The molecule has 1 aromatic heterocycles. The van der Waals surface area contributed by atoms with Crippen molar-refractivity contribution in [3.05, 3.63) is 42.1 Å². The van der Waals surface area contributed by atoms with Gasteiger partial charge in [0.2, 0.25) is 6.08 Å². The van der Waals surface area contributed by atoms with Gasteiger partial charge in [-0.25, -0.2) is 4.79 Å². The van der Waals surface area contributed by atoms with Gasteiger partial charge in [0.15, 0.2) is 0 Å². The molecule has 0 atom stereocenters. The first-order valence-electron chi connectivity index (χ1n) is 5.54. The predicted molar refractivity (Wildman–Crippen MR) is 63.1 cm³/mol. The summed E-state index contributed by atoms with van der Waals surface area (Å²) in [5, 5.41) is 7.06. The summed E-state index contributed by atoms with van der Waals surface area (Å²) in [7, 11) is 0. The summed E-state index contributed by atoms with van der Waals surface area (Å²) in [5.41, 5.74) is 2.63. The number of aliphatic imine (C=N–C) groups is 1. The molecule has 0 radical (unpaired) electrons. The van der Waals surface area contributed by atoms with Gasteiger partial charge < -0.3 is 0 Å². The van der Waals surface area contributed by atoms with Crippen molar-refractivity contribution in [2.45, 2.75) is 18.4 Å². The predicted octanol–water partition coefficient (Wildman–Crippen LogP) is 2.40. The van der Waals surface area contributed by atoms with E-state index in [1.54, 1.807) is 12.3 Å².